The molecular formula is C12H16BrNO3. The molecule has 1 rings (SSSR count). The maximum absolute atomic E-state index is 12.2. The zero-order valence-electron chi connectivity index (χ0n) is 9.85. The number of nitrogens with zero attached hydrogens (tertiary/aromatic N) is 1. The molecule has 0 aliphatic heterocycles. The summed E-state index contributed by atoms with van der Waals surface area (Å²) in [7, 11) is 0. The van der Waals surface area contributed by atoms with Crippen molar-refractivity contribution in [1.29, 1.82) is 0 Å². The lowest BCUT2D eigenvalue weighted by Crippen LogP contribution is -2.38. The number of benzene rings is 1. The summed E-state index contributed by atoms with van der Waals surface area (Å²) < 4.78 is 0. The second-order valence-electron chi connectivity index (χ2n) is 3.95. The number of alkyl halides is 1. The summed E-state index contributed by atoms with van der Waals surface area (Å²) in [5.41, 5.74) is 0.125. The van der Waals surface area contributed by atoms with Gasteiger partial charge in [0.2, 0.25) is 0 Å². The first-order valence-corrected chi connectivity index (χ1v) is 6.49. The van der Waals surface area contributed by atoms with Gasteiger partial charge in [0.05, 0.1) is 5.56 Å². The summed E-state index contributed by atoms with van der Waals surface area (Å²) in [4.78, 5) is 13.8. The van der Waals surface area contributed by atoms with E-state index in [1.54, 1.807) is 4.90 Å². The molecule has 2 N–H and O–H groups in total. The van der Waals surface area contributed by atoms with Crippen LogP contribution in [0.3, 0.4) is 0 Å². The van der Waals surface area contributed by atoms with Crippen molar-refractivity contribution in [3.63, 3.8) is 0 Å². The van der Waals surface area contributed by atoms with E-state index in [4.69, 9.17) is 0 Å². The fourth-order valence-corrected chi connectivity index (χ4v) is 1.93. The zero-order chi connectivity index (χ0) is 13.0. The van der Waals surface area contributed by atoms with Crippen LogP contribution in [-0.2, 0) is 0 Å². The Morgan fingerprint density at radius 3 is 2.59 bits per heavy atom. The summed E-state index contributed by atoms with van der Waals surface area (Å²) in [6, 6.07) is 4.41. The molecule has 0 unspecified atom stereocenters. The molecule has 1 aromatic carbocycles. The van der Waals surface area contributed by atoms with E-state index < -0.39 is 0 Å². The molecular weight excluding hydrogens is 286 g/mol. The van der Waals surface area contributed by atoms with Crippen LogP contribution < -0.4 is 0 Å². The second-order valence-corrected chi connectivity index (χ2v) is 4.75. The smallest absolute Gasteiger partial charge is 0.258 e. The van der Waals surface area contributed by atoms with Crippen LogP contribution in [0.4, 0.5) is 0 Å². The van der Waals surface area contributed by atoms with Crippen molar-refractivity contribution in [1.82, 2.24) is 4.90 Å². The molecule has 0 spiro atoms. The highest BCUT2D eigenvalue weighted by atomic mass is 79.9. The van der Waals surface area contributed by atoms with Crippen LogP contribution in [0, 0.1) is 0 Å². The highest BCUT2D eigenvalue weighted by Crippen LogP contribution is 2.29. The van der Waals surface area contributed by atoms with Crippen molar-refractivity contribution >= 4 is 21.8 Å². The highest BCUT2D eigenvalue weighted by Gasteiger charge is 2.21. The number of aromatic hydroxyl groups is 2. The van der Waals surface area contributed by atoms with Gasteiger partial charge in [-0.25, -0.2) is 0 Å². The molecule has 0 heterocycles. The molecule has 0 bridgehead atoms. The second kappa shape index (κ2) is 5.91. The Labute approximate surface area is 109 Å². The van der Waals surface area contributed by atoms with Crippen molar-refractivity contribution in [2.24, 2.45) is 0 Å². The van der Waals surface area contributed by atoms with Crippen molar-refractivity contribution < 1.29 is 15.0 Å². The quantitative estimate of drug-likeness (QED) is 0.663. The van der Waals surface area contributed by atoms with E-state index in [0.29, 0.717) is 11.9 Å². The topological polar surface area (TPSA) is 60.8 Å². The summed E-state index contributed by atoms with van der Waals surface area (Å²) >= 11 is 3.29. The van der Waals surface area contributed by atoms with Gasteiger partial charge in [-0.2, -0.15) is 0 Å². The van der Waals surface area contributed by atoms with E-state index in [1.807, 2.05) is 13.8 Å². The van der Waals surface area contributed by atoms with Crippen molar-refractivity contribution in [2.75, 3.05) is 11.9 Å². The Morgan fingerprint density at radius 1 is 1.41 bits per heavy atom. The number of para-hydroxylation sites is 1. The van der Waals surface area contributed by atoms with Gasteiger partial charge in [-0.15, -0.1) is 0 Å². The number of amides is 1. The minimum absolute atomic E-state index is 0.0294. The van der Waals surface area contributed by atoms with E-state index in [-0.39, 0.29) is 29.0 Å². The Balaban J connectivity index is 3.05. The zero-order valence-corrected chi connectivity index (χ0v) is 11.4. The normalized spacial score (nSPS) is 10.6. The Bertz CT molecular complexity index is 407. The average Bonchev–Trinajstić information content (AvgIpc) is 2.28. The first kappa shape index (κ1) is 13.8. The van der Waals surface area contributed by atoms with Gasteiger partial charge in [-0.3, -0.25) is 4.79 Å². The van der Waals surface area contributed by atoms with Crippen LogP contribution in [0.1, 0.15) is 24.2 Å². The number of hydrogen-bond acceptors (Lipinski definition) is 3. The van der Waals surface area contributed by atoms with Crippen LogP contribution in [0.25, 0.3) is 0 Å². The van der Waals surface area contributed by atoms with E-state index >= 15 is 0 Å². The summed E-state index contributed by atoms with van der Waals surface area (Å²) in [5.74, 6) is -0.927. The molecule has 0 saturated heterocycles. The summed E-state index contributed by atoms with van der Waals surface area (Å²) in [5, 5.41) is 19.7. The first-order valence-electron chi connectivity index (χ1n) is 5.37. The third-order valence-electron chi connectivity index (χ3n) is 2.45. The Morgan fingerprint density at radius 2 is 2.06 bits per heavy atom. The SMILES string of the molecule is CC(C)N(CCBr)C(=O)c1cccc(O)c1O. The van der Waals surface area contributed by atoms with Crippen LogP contribution in [-0.4, -0.2) is 38.9 Å². The number of phenolic OH excluding ortho intramolecular Hbond substituents is 2. The number of carbonyl (C=O) groups excluding carboxylic acids is 1. The summed E-state index contributed by atoms with van der Waals surface area (Å²) in [6.45, 7) is 4.35. The molecule has 5 heteroatoms. The molecule has 1 amide bonds. The van der Waals surface area contributed by atoms with Crippen molar-refractivity contribution in [3.05, 3.63) is 23.8 Å². The van der Waals surface area contributed by atoms with Crippen LogP contribution in [0.2, 0.25) is 0 Å². The maximum Gasteiger partial charge on any atom is 0.258 e. The number of rotatable bonds is 4. The molecule has 0 aliphatic carbocycles. The lowest BCUT2D eigenvalue weighted by atomic mass is 10.1. The van der Waals surface area contributed by atoms with Crippen LogP contribution in [0.15, 0.2) is 18.2 Å². The lowest BCUT2D eigenvalue weighted by molar-refractivity contribution is 0.0715. The molecule has 0 radical (unpaired) electrons. The van der Waals surface area contributed by atoms with Gasteiger partial charge in [0, 0.05) is 17.9 Å². The molecule has 1 aromatic rings. The van der Waals surface area contributed by atoms with Gasteiger partial charge < -0.3 is 15.1 Å². The third-order valence-corrected chi connectivity index (χ3v) is 2.81. The van der Waals surface area contributed by atoms with Gasteiger partial charge in [0.25, 0.3) is 5.91 Å². The number of hydrogen-bond donors (Lipinski definition) is 2. The lowest BCUT2D eigenvalue weighted by Gasteiger charge is -2.26. The largest absolute Gasteiger partial charge is 0.504 e. The van der Waals surface area contributed by atoms with Gasteiger partial charge in [0.1, 0.15) is 0 Å². The minimum Gasteiger partial charge on any atom is -0.504 e. The van der Waals surface area contributed by atoms with Gasteiger partial charge >= 0.3 is 0 Å². The maximum atomic E-state index is 12.2. The molecule has 17 heavy (non-hydrogen) atoms. The van der Waals surface area contributed by atoms with Crippen LogP contribution >= 0.6 is 15.9 Å². The fourth-order valence-electron chi connectivity index (χ4n) is 1.54. The van der Waals surface area contributed by atoms with Crippen molar-refractivity contribution in [3.8, 4) is 11.5 Å². The molecule has 94 valence electrons. The van der Waals surface area contributed by atoms with E-state index in [9.17, 15) is 15.0 Å². The molecule has 0 aliphatic rings. The molecule has 0 saturated carbocycles. The fraction of sp³-hybridized carbons (Fsp3) is 0.417. The minimum atomic E-state index is -0.363. The van der Waals surface area contributed by atoms with E-state index in [1.165, 1.54) is 18.2 Å². The summed E-state index contributed by atoms with van der Waals surface area (Å²) in [6.07, 6.45) is 0. The number of phenols is 2. The van der Waals surface area contributed by atoms with Gasteiger partial charge in [0.15, 0.2) is 11.5 Å². The first-order chi connectivity index (χ1) is 7.99. The van der Waals surface area contributed by atoms with Gasteiger partial charge in [-0.05, 0) is 26.0 Å². The monoisotopic (exact) mass is 301 g/mol. The van der Waals surface area contributed by atoms with E-state index in [2.05, 4.69) is 15.9 Å². The Kier molecular flexibility index (Phi) is 4.81. The predicted molar refractivity (Wildman–Crippen MR) is 69.7 cm³/mol. The number of halogens is 1. The Hall–Kier alpha value is -1.23. The van der Waals surface area contributed by atoms with Crippen molar-refractivity contribution in [2.45, 2.75) is 19.9 Å². The average molecular weight is 302 g/mol. The predicted octanol–water partition coefficient (Wildman–Crippen LogP) is 2.34. The van der Waals surface area contributed by atoms with E-state index in [0.717, 1.165) is 0 Å². The van der Waals surface area contributed by atoms with Crippen LogP contribution in [0.5, 0.6) is 11.5 Å². The molecule has 0 aromatic heterocycles. The standard InChI is InChI=1S/C12H16BrNO3/c1-8(2)14(7-6-13)12(17)9-4-3-5-10(15)11(9)16/h3-5,8,15-16H,6-7H2,1-2H3. The molecule has 0 atom stereocenters. The third kappa shape index (κ3) is 3.12. The van der Waals surface area contributed by atoms with Gasteiger partial charge in [-0.1, -0.05) is 22.0 Å². The molecule has 4 nitrogen and oxygen atoms in total. The number of carbonyl (C=O) groups is 1. The highest BCUT2D eigenvalue weighted by molar-refractivity contribution is 9.09. The molecule has 0 fully saturated rings.